The van der Waals surface area contributed by atoms with Crippen LogP contribution in [0.15, 0.2) is 60.7 Å². The standard InChI is InChI=1S/C22H32O4SSi/c1-22(2,16-11-17-25-3)26-28(19-18-27(4,23)24,20-12-7-5-8-13-20)21-14-9-6-10-15-21/h5-10,12-15H,11,16-19H2,1-4H3. The van der Waals surface area contributed by atoms with Crippen LogP contribution in [0, 0.1) is 0 Å². The van der Waals surface area contributed by atoms with Crippen LogP contribution in [-0.4, -0.2) is 48.1 Å². The summed E-state index contributed by atoms with van der Waals surface area (Å²) in [6.45, 7) is 4.87. The van der Waals surface area contributed by atoms with Gasteiger partial charge >= 0.3 is 0 Å². The van der Waals surface area contributed by atoms with Gasteiger partial charge in [-0.15, -0.1) is 0 Å². The fourth-order valence-electron chi connectivity index (χ4n) is 3.53. The molecule has 0 amide bonds. The third-order valence-electron chi connectivity index (χ3n) is 4.88. The van der Waals surface area contributed by atoms with E-state index in [0.717, 1.165) is 23.2 Å². The van der Waals surface area contributed by atoms with Crippen LogP contribution >= 0.6 is 0 Å². The van der Waals surface area contributed by atoms with Gasteiger partial charge < -0.3 is 9.16 Å². The zero-order valence-electron chi connectivity index (χ0n) is 17.4. The highest BCUT2D eigenvalue weighted by Gasteiger charge is 2.44. The number of hydrogen-bond donors (Lipinski definition) is 0. The van der Waals surface area contributed by atoms with Gasteiger partial charge in [-0.3, -0.25) is 0 Å². The molecule has 0 aliphatic carbocycles. The van der Waals surface area contributed by atoms with E-state index in [1.54, 1.807) is 7.11 Å². The molecule has 0 radical (unpaired) electrons. The van der Waals surface area contributed by atoms with Gasteiger partial charge in [0.25, 0.3) is 8.32 Å². The lowest BCUT2D eigenvalue weighted by molar-refractivity contribution is 0.0790. The number of ether oxygens (including phenoxy) is 1. The second-order valence-corrected chi connectivity index (χ2v) is 13.7. The molecule has 0 saturated heterocycles. The smallest absolute Gasteiger partial charge is 0.257 e. The first-order valence-corrected chi connectivity index (χ1v) is 13.8. The summed E-state index contributed by atoms with van der Waals surface area (Å²) in [7, 11) is -4.19. The maximum absolute atomic E-state index is 12.1. The molecule has 28 heavy (non-hydrogen) atoms. The Morgan fingerprint density at radius 2 is 1.43 bits per heavy atom. The van der Waals surface area contributed by atoms with Crippen LogP contribution in [0.1, 0.15) is 26.7 Å². The summed E-state index contributed by atoms with van der Waals surface area (Å²) in [4.78, 5) is 0. The first kappa shape index (κ1) is 22.8. The zero-order valence-corrected chi connectivity index (χ0v) is 19.2. The number of rotatable bonds is 11. The summed E-state index contributed by atoms with van der Waals surface area (Å²) >= 11 is 0. The molecule has 0 saturated carbocycles. The van der Waals surface area contributed by atoms with E-state index < -0.39 is 23.8 Å². The van der Waals surface area contributed by atoms with Crippen molar-refractivity contribution in [3.8, 4) is 0 Å². The first-order chi connectivity index (χ1) is 13.2. The topological polar surface area (TPSA) is 52.6 Å². The van der Waals surface area contributed by atoms with Crippen molar-refractivity contribution in [2.24, 2.45) is 0 Å². The van der Waals surface area contributed by atoms with Crippen molar-refractivity contribution in [1.82, 2.24) is 0 Å². The van der Waals surface area contributed by atoms with Crippen molar-refractivity contribution in [2.75, 3.05) is 25.7 Å². The molecule has 0 aliphatic rings. The highest BCUT2D eigenvalue weighted by molar-refractivity contribution is 7.90. The fourth-order valence-corrected chi connectivity index (χ4v) is 9.92. The molecule has 0 N–H and O–H groups in total. The maximum Gasteiger partial charge on any atom is 0.257 e. The molecule has 0 bridgehead atoms. The molecule has 0 heterocycles. The van der Waals surface area contributed by atoms with Crippen LogP contribution in [0.2, 0.25) is 6.04 Å². The molecule has 154 valence electrons. The van der Waals surface area contributed by atoms with Crippen molar-refractivity contribution < 1.29 is 17.6 Å². The predicted octanol–water partition coefficient (Wildman–Crippen LogP) is 3.01. The van der Waals surface area contributed by atoms with Gasteiger partial charge in [0.1, 0.15) is 9.84 Å². The van der Waals surface area contributed by atoms with Gasteiger partial charge in [0.05, 0.1) is 11.4 Å². The molecule has 0 unspecified atom stereocenters. The Balaban J connectivity index is 2.53. The van der Waals surface area contributed by atoms with Gasteiger partial charge in [0.2, 0.25) is 0 Å². The average Bonchev–Trinajstić information content (AvgIpc) is 2.66. The molecule has 4 nitrogen and oxygen atoms in total. The first-order valence-electron chi connectivity index (χ1n) is 9.66. The van der Waals surface area contributed by atoms with E-state index >= 15 is 0 Å². The van der Waals surface area contributed by atoms with E-state index in [4.69, 9.17) is 9.16 Å². The van der Waals surface area contributed by atoms with E-state index in [1.165, 1.54) is 6.26 Å². The van der Waals surface area contributed by atoms with Gasteiger partial charge in [0, 0.05) is 20.0 Å². The minimum Gasteiger partial charge on any atom is -0.403 e. The normalized spacial score (nSPS) is 12.9. The van der Waals surface area contributed by atoms with Crippen LogP contribution in [0.3, 0.4) is 0 Å². The molecule has 0 aromatic heterocycles. The van der Waals surface area contributed by atoms with Crippen LogP contribution in [0.5, 0.6) is 0 Å². The highest BCUT2D eigenvalue weighted by atomic mass is 32.2. The Bertz CT molecular complexity index is 781. The molecule has 0 aliphatic heterocycles. The molecule has 2 rings (SSSR count). The van der Waals surface area contributed by atoms with Crippen molar-refractivity contribution in [3.05, 3.63) is 60.7 Å². The molecule has 6 heteroatoms. The predicted molar refractivity (Wildman–Crippen MR) is 119 cm³/mol. The quantitative estimate of drug-likeness (QED) is 0.414. The Labute approximate surface area is 170 Å². The van der Waals surface area contributed by atoms with E-state index in [9.17, 15) is 8.42 Å². The van der Waals surface area contributed by atoms with Crippen molar-refractivity contribution in [3.63, 3.8) is 0 Å². The lowest BCUT2D eigenvalue weighted by Gasteiger charge is -2.40. The van der Waals surface area contributed by atoms with Gasteiger partial charge in [0.15, 0.2) is 0 Å². The van der Waals surface area contributed by atoms with Gasteiger partial charge in [-0.05, 0) is 43.1 Å². The number of benzene rings is 2. The summed E-state index contributed by atoms with van der Waals surface area (Å²) in [5, 5.41) is 2.20. The molecule has 0 spiro atoms. The molecular weight excluding hydrogens is 388 g/mol. The minimum absolute atomic E-state index is 0.108. The molecule has 2 aromatic rings. The SMILES string of the molecule is COCCCC(C)(C)O[Si](CCS(C)(=O)=O)(c1ccccc1)c1ccccc1. The minimum atomic E-state index is -3.12. The Hall–Kier alpha value is -1.47. The van der Waals surface area contributed by atoms with Gasteiger partial charge in [-0.2, -0.15) is 0 Å². The second kappa shape index (κ2) is 9.83. The lowest BCUT2D eigenvalue weighted by Crippen LogP contribution is -2.64. The zero-order chi connectivity index (χ0) is 20.7. The second-order valence-electron chi connectivity index (χ2n) is 7.90. The van der Waals surface area contributed by atoms with E-state index in [0.29, 0.717) is 12.7 Å². The lowest BCUT2D eigenvalue weighted by atomic mass is 10.0. The summed E-state index contributed by atoms with van der Waals surface area (Å²) < 4.78 is 36.3. The van der Waals surface area contributed by atoms with Crippen LogP contribution in [0.4, 0.5) is 0 Å². The van der Waals surface area contributed by atoms with Crippen LogP contribution in [-0.2, 0) is 19.0 Å². The number of methoxy groups -OCH3 is 1. The van der Waals surface area contributed by atoms with E-state index in [1.807, 2.05) is 36.4 Å². The average molecular weight is 421 g/mol. The number of hydrogen-bond acceptors (Lipinski definition) is 4. The summed E-state index contributed by atoms with van der Waals surface area (Å²) in [5.74, 6) is 0.108. The Morgan fingerprint density at radius 3 is 1.86 bits per heavy atom. The largest absolute Gasteiger partial charge is 0.403 e. The van der Waals surface area contributed by atoms with Crippen molar-refractivity contribution in [1.29, 1.82) is 0 Å². The Kier molecular flexibility index (Phi) is 8.01. The Morgan fingerprint density at radius 1 is 0.929 bits per heavy atom. The third-order valence-corrected chi connectivity index (χ3v) is 10.6. The monoisotopic (exact) mass is 420 g/mol. The summed E-state index contributed by atoms with van der Waals surface area (Å²) in [6.07, 6.45) is 3.03. The van der Waals surface area contributed by atoms with Crippen molar-refractivity contribution >= 4 is 28.5 Å². The molecule has 0 atom stereocenters. The fraction of sp³-hybridized carbons (Fsp3) is 0.455. The van der Waals surface area contributed by atoms with E-state index in [-0.39, 0.29) is 5.75 Å². The number of sulfone groups is 1. The van der Waals surface area contributed by atoms with Gasteiger partial charge in [-0.25, -0.2) is 8.42 Å². The van der Waals surface area contributed by atoms with Crippen LogP contribution in [0.25, 0.3) is 0 Å². The van der Waals surface area contributed by atoms with Crippen molar-refractivity contribution in [2.45, 2.75) is 38.3 Å². The van der Waals surface area contributed by atoms with Gasteiger partial charge in [-0.1, -0.05) is 60.7 Å². The molecular formula is C22H32O4SSi. The third kappa shape index (κ3) is 6.55. The summed E-state index contributed by atoms with van der Waals surface area (Å²) in [6, 6.07) is 20.8. The molecule has 2 aromatic carbocycles. The highest BCUT2D eigenvalue weighted by Crippen LogP contribution is 2.26. The van der Waals surface area contributed by atoms with E-state index in [2.05, 4.69) is 38.1 Å². The maximum atomic E-state index is 12.1. The molecule has 0 fully saturated rings. The summed E-state index contributed by atoms with van der Waals surface area (Å²) in [5.41, 5.74) is -0.395. The van der Waals surface area contributed by atoms with Crippen LogP contribution < -0.4 is 10.4 Å².